The van der Waals surface area contributed by atoms with Gasteiger partial charge in [-0.05, 0) is 26.3 Å². The third-order valence-electron chi connectivity index (χ3n) is 1.70. The maximum absolute atomic E-state index is 10.3. The zero-order valence-electron chi connectivity index (χ0n) is 9.11. The first kappa shape index (κ1) is 14.0. The summed E-state index contributed by atoms with van der Waals surface area (Å²) in [6, 6.07) is 0. The SMILES string of the molecule is C/C=C(/C)C(C)=O.CCCCC. The van der Waals surface area contributed by atoms with E-state index in [-0.39, 0.29) is 5.78 Å². The highest BCUT2D eigenvalue weighted by Gasteiger charge is 1.89. The van der Waals surface area contributed by atoms with E-state index in [1.165, 1.54) is 19.3 Å². The molecule has 0 saturated carbocycles. The van der Waals surface area contributed by atoms with Crippen LogP contribution in [-0.2, 0) is 4.79 Å². The summed E-state index contributed by atoms with van der Waals surface area (Å²) in [4.78, 5) is 10.3. The van der Waals surface area contributed by atoms with Crippen molar-refractivity contribution in [1.82, 2.24) is 0 Å². The number of ketones is 1. The fraction of sp³-hybridized carbons (Fsp3) is 0.727. The number of allylic oxidation sites excluding steroid dienone is 2. The van der Waals surface area contributed by atoms with Crippen molar-refractivity contribution >= 4 is 5.78 Å². The Morgan fingerprint density at radius 3 is 1.58 bits per heavy atom. The Morgan fingerprint density at radius 1 is 1.17 bits per heavy atom. The van der Waals surface area contributed by atoms with Crippen LogP contribution in [0.4, 0.5) is 0 Å². The van der Waals surface area contributed by atoms with Crippen LogP contribution < -0.4 is 0 Å². The van der Waals surface area contributed by atoms with E-state index in [0.29, 0.717) is 0 Å². The van der Waals surface area contributed by atoms with E-state index in [4.69, 9.17) is 0 Å². The summed E-state index contributed by atoms with van der Waals surface area (Å²) in [6.07, 6.45) is 5.88. The van der Waals surface area contributed by atoms with E-state index >= 15 is 0 Å². The molecule has 0 heterocycles. The van der Waals surface area contributed by atoms with Crippen LogP contribution in [0.2, 0.25) is 0 Å². The average molecular weight is 170 g/mol. The van der Waals surface area contributed by atoms with Crippen LogP contribution in [0.1, 0.15) is 53.9 Å². The summed E-state index contributed by atoms with van der Waals surface area (Å²) < 4.78 is 0. The number of hydrogen-bond donors (Lipinski definition) is 0. The van der Waals surface area contributed by atoms with Crippen molar-refractivity contribution < 1.29 is 4.79 Å². The topological polar surface area (TPSA) is 17.1 Å². The number of rotatable bonds is 3. The monoisotopic (exact) mass is 170 g/mol. The van der Waals surface area contributed by atoms with E-state index < -0.39 is 0 Å². The van der Waals surface area contributed by atoms with Crippen LogP contribution in [0.25, 0.3) is 0 Å². The minimum absolute atomic E-state index is 0.155. The van der Waals surface area contributed by atoms with Crippen molar-refractivity contribution in [3.63, 3.8) is 0 Å². The molecular formula is C11H22O. The second-order valence-electron chi connectivity index (χ2n) is 2.88. The summed E-state index contributed by atoms with van der Waals surface area (Å²) >= 11 is 0. The second kappa shape index (κ2) is 10.4. The maximum atomic E-state index is 10.3. The fourth-order valence-corrected chi connectivity index (χ4v) is 0.557. The summed E-state index contributed by atoms with van der Waals surface area (Å²) in [5.74, 6) is 0.155. The van der Waals surface area contributed by atoms with Crippen molar-refractivity contribution in [3.8, 4) is 0 Å². The normalized spacial score (nSPS) is 10.2. The molecule has 1 nitrogen and oxygen atoms in total. The molecule has 0 rings (SSSR count). The lowest BCUT2D eigenvalue weighted by molar-refractivity contribution is -0.113. The Morgan fingerprint density at radius 2 is 1.58 bits per heavy atom. The minimum Gasteiger partial charge on any atom is -0.295 e. The number of hydrogen-bond acceptors (Lipinski definition) is 1. The van der Waals surface area contributed by atoms with Gasteiger partial charge < -0.3 is 0 Å². The Hall–Kier alpha value is -0.590. The molecule has 0 spiro atoms. The molecule has 0 saturated heterocycles. The minimum atomic E-state index is 0.155. The number of carbonyl (C=O) groups is 1. The molecule has 0 aliphatic heterocycles. The molecule has 0 aromatic rings. The lowest BCUT2D eigenvalue weighted by Gasteiger charge is -1.85. The largest absolute Gasteiger partial charge is 0.295 e. The molecule has 0 aliphatic rings. The highest BCUT2D eigenvalue weighted by Crippen LogP contribution is 1.90. The summed E-state index contributed by atoms with van der Waals surface area (Å²) in [7, 11) is 0. The van der Waals surface area contributed by atoms with Gasteiger partial charge >= 0.3 is 0 Å². The van der Waals surface area contributed by atoms with Crippen LogP contribution in [0.15, 0.2) is 11.6 Å². The van der Waals surface area contributed by atoms with Gasteiger partial charge in [-0.15, -0.1) is 0 Å². The molecule has 0 aromatic heterocycles. The standard InChI is InChI=1S/C6H10O.C5H12/c1-4-5(2)6(3)7;1-3-5-4-2/h4H,1-3H3;3-5H2,1-2H3/b5-4-;. The lowest BCUT2D eigenvalue weighted by Crippen LogP contribution is -1.88. The Labute approximate surface area is 76.9 Å². The maximum Gasteiger partial charge on any atom is 0.155 e. The second-order valence-corrected chi connectivity index (χ2v) is 2.88. The smallest absolute Gasteiger partial charge is 0.155 e. The fourth-order valence-electron chi connectivity index (χ4n) is 0.557. The number of unbranched alkanes of at least 4 members (excludes halogenated alkanes) is 2. The van der Waals surface area contributed by atoms with Gasteiger partial charge in [0.05, 0.1) is 0 Å². The number of carbonyl (C=O) groups excluding carboxylic acids is 1. The van der Waals surface area contributed by atoms with Gasteiger partial charge in [-0.3, -0.25) is 4.79 Å². The number of Topliss-reactive ketones (excluding diaryl/α,β-unsaturated/α-hetero) is 1. The molecule has 0 unspecified atom stereocenters. The van der Waals surface area contributed by atoms with E-state index in [9.17, 15) is 4.79 Å². The molecule has 0 amide bonds. The van der Waals surface area contributed by atoms with Gasteiger partial charge in [0.25, 0.3) is 0 Å². The third kappa shape index (κ3) is 12.1. The Balaban J connectivity index is 0. The van der Waals surface area contributed by atoms with Gasteiger partial charge in [0.2, 0.25) is 0 Å². The molecule has 72 valence electrons. The molecule has 0 bridgehead atoms. The molecule has 0 aromatic carbocycles. The van der Waals surface area contributed by atoms with Gasteiger partial charge in [0, 0.05) is 0 Å². The van der Waals surface area contributed by atoms with Crippen molar-refractivity contribution in [1.29, 1.82) is 0 Å². The van der Waals surface area contributed by atoms with Crippen LogP contribution in [0, 0.1) is 0 Å². The Kier molecular flexibility index (Phi) is 12.1. The van der Waals surface area contributed by atoms with Gasteiger partial charge in [-0.25, -0.2) is 0 Å². The molecule has 12 heavy (non-hydrogen) atoms. The third-order valence-corrected chi connectivity index (χ3v) is 1.70. The highest BCUT2D eigenvalue weighted by atomic mass is 16.1. The predicted molar refractivity (Wildman–Crippen MR) is 55.3 cm³/mol. The van der Waals surface area contributed by atoms with E-state index in [0.717, 1.165) is 5.57 Å². The van der Waals surface area contributed by atoms with Crippen molar-refractivity contribution in [2.75, 3.05) is 0 Å². The van der Waals surface area contributed by atoms with Crippen LogP contribution in [-0.4, -0.2) is 5.78 Å². The van der Waals surface area contributed by atoms with Gasteiger partial charge in [-0.2, -0.15) is 0 Å². The predicted octanol–water partition coefficient (Wildman–Crippen LogP) is 3.74. The zero-order chi connectivity index (χ0) is 9.98. The summed E-state index contributed by atoms with van der Waals surface area (Å²) in [5, 5.41) is 0. The van der Waals surface area contributed by atoms with Gasteiger partial charge in [-0.1, -0.05) is 39.2 Å². The van der Waals surface area contributed by atoms with E-state index in [1.807, 2.05) is 19.9 Å². The quantitative estimate of drug-likeness (QED) is 0.590. The average Bonchev–Trinajstić information content (AvgIpc) is 2.05. The van der Waals surface area contributed by atoms with Crippen molar-refractivity contribution in [2.45, 2.75) is 53.9 Å². The first-order valence-electron chi connectivity index (χ1n) is 4.73. The zero-order valence-corrected chi connectivity index (χ0v) is 9.11. The highest BCUT2D eigenvalue weighted by molar-refractivity contribution is 5.92. The molecule has 1 heteroatoms. The summed E-state index contributed by atoms with van der Waals surface area (Å²) in [6.45, 7) is 9.65. The molecular weight excluding hydrogens is 148 g/mol. The van der Waals surface area contributed by atoms with E-state index in [2.05, 4.69) is 13.8 Å². The first-order chi connectivity index (χ1) is 5.59. The van der Waals surface area contributed by atoms with Crippen molar-refractivity contribution in [3.05, 3.63) is 11.6 Å². The van der Waals surface area contributed by atoms with E-state index in [1.54, 1.807) is 6.92 Å². The molecule has 0 N–H and O–H groups in total. The molecule has 0 radical (unpaired) electrons. The van der Waals surface area contributed by atoms with Crippen molar-refractivity contribution in [2.24, 2.45) is 0 Å². The first-order valence-corrected chi connectivity index (χ1v) is 4.73. The molecule has 0 fully saturated rings. The van der Waals surface area contributed by atoms with Gasteiger partial charge in [0.15, 0.2) is 5.78 Å². The Bertz CT molecular complexity index is 132. The molecule has 0 aliphatic carbocycles. The van der Waals surface area contributed by atoms with Crippen LogP contribution in [0.3, 0.4) is 0 Å². The van der Waals surface area contributed by atoms with Gasteiger partial charge in [0.1, 0.15) is 0 Å². The van der Waals surface area contributed by atoms with Crippen LogP contribution >= 0.6 is 0 Å². The molecule has 0 atom stereocenters. The van der Waals surface area contributed by atoms with Crippen LogP contribution in [0.5, 0.6) is 0 Å². The summed E-state index contributed by atoms with van der Waals surface area (Å²) in [5.41, 5.74) is 0.833. The lowest BCUT2D eigenvalue weighted by atomic mass is 10.2.